The van der Waals surface area contributed by atoms with Crippen LogP contribution in [0.15, 0.2) is 49.2 Å². The van der Waals surface area contributed by atoms with Crippen LogP contribution >= 0.6 is 11.6 Å². The Morgan fingerprint density at radius 3 is 2.70 bits per heavy atom. The van der Waals surface area contributed by atoms with Crippen LogP contribution in [0.4, 0.5) is 14.6 Å². The van der Waals surface area contributed by atoms with E-state index in [1.165, 1.54) is 12.1 Å². The first kappa shape index (κ1) is 28.9. The third-order valence-electron chi connectivity index (χ3n) is 9.45. The van der Waals surface area contributed by atoms with Gasteiger partial charge in [-0.2, -0.15) is 9.97 Å². The first-order chi connectivity index (χ1) is 21.3. The second-order valence-corrected chi connectivity index (χ2v) is 12.6. The summed E-state index contributed by atoms with van der Waals surface area (Å²) in [5.74, 6) is -0.638. The van der Waals surface area contributed by atoms with E-state index >= 15 is 4.39 Å². The smallest absolute Gasteiger partial charge is 0.319 e. The predicted octanol–water partition coefficient (Wildman–Crippen LogP) is 5.86. The highest BCUT2D eigenvalue weighted by Gasteiger charge is 2.45. The number of carbonyl (C=O) groups excluding carboxylic acids is 1. The van der Waals surface area contributed by atoms with Crippen LogP contribution in [0.2, 0.25) is 5.02 Å². The molecule has 3 fully saturated rings. The molecule has 44 heavy (non-hydrogen) atoms. The molecule has 3 aliphatic heterocycles. The number of carbonyl (C=O) groups is 1. The minimum atomic E-state index is -0.662. The Hall–Kier alpha value is -3.89. The van der Waals surface area contributed by atoms with Crippen LogP contribution in [-0.2, 0) is 4.79 Å². The minimum absolute atomic E-state index is 0.0165. The molecule has 5 heterocycles. The van der Waals surface area contributed by atoms with Gasteiger partial charge in [0.25, 0.3) is 0 Å². The second kappa shape index (κ2) is 11.2. The van der Waals surface area contributed by atoms with Crippen LogP contribution in [0.25, 0.3) is 32.9 Å². The molecule has 11 heteroatoms. The number of hydrogen-bond donors (Lipinski definition) is 0. The van der Waals surface area contributed by atoms with Gasteiger partial charge in [0.1, 0.15) is 29.5 Å². The van der Waals surface area contributed by atoms with Crippen molar-refractivity contribution in [2.75, 3.05) is 51.3 Å². The Morgan fingerprint density at radius 1 is 1.18 bits per heavy atom. The molecule has 0 atom stereocenters. The Labute approximate surface area is 259 Å². The zero-order valence-electron chi connectivity index (χ0n) is 24.5. The third-order valence-corrected chi connectivity index (χ3v) is 9.82. The lowest BCUT2D eigenvalue weighted by Crippen LogP contribution is -2.53. The summed E-state index contributed by atoms with van der Waals surface area (Å²) in [5.41, 5.74) is 0.414. The highest BCUT2D eigenvalue weighted by molar-refractivity contribution is 6.36. The van der Waals surface area contributed by atoms with E-state index in [1.54, 1.807) is 35.4 Å². The molecule has 0 saturated carbocycles. The van der Waals surface area contributed by atoms with E-state index < -0.39 is 11.6 Å². The van der Waals surface area contributed by atoms with E-state index in [9.17, 15) is 9.18 Å². The fraction of sp³-hybridized carbons (Fsp3) is 0.394. The van der Waals surface area contributed by atoms with Crippen LogP contribution in [0, 0.1) is 17.6 Å². The normalized spacial score (nSPS) is 18.0. The molecule has 2 aromatic carbocycles. The van der Waals surface area contributed by atoms with Gasteiger partial charge in [-0.15, -0.1) is 0 Å². The lowest BCUT2D eigenvalue weighted by atomic mass is 9.95. The molecule has 228 valence electrons. The predicted molar refractivity (Wildman–Crippen MR) is 167 cm³/mol. The summed E-state index contributed by atoms with van der Waals surface area (Å²) in [6.07, 6.45) is 7.23. The van der Waals surface area contributed by atoms with E-state index in [-0.39, 0.29) is 39.6 Å². The molecule has 4 aromatic rings. The summed E-state index contributed by atoms with van der Waals surface area (Å²) in [6, 6.07) is 8.24. The topological polar surface area (TPSA) is 74.7 Å². The van der Waals surface area contributed by atoms with Gasteiger partial charge in [-0.3, -0.25) is 14.7 Å². The number of nitrogens with zero attached hydrogens (tertiary/aromatic N) is 6. The lowest BCUT2D eigenvalue weighted by molar-refractivity contribution is -0.131. The SMILES string of the molecule is C=CC(=O)N1CC(CN(C)c2nc(OCC34CCCN3CCC4)nc3c(F)c(-c4cccc5ccc(F)c(Cl)c45)ncc23)C1. The van der Waals surface area contributed by atoms with E-state index in [1.807, 2.05) is 11.9 Å². The summed E-state index contributed by atoms with van der Waals surface area (Å²) in [7, 11) is 1.89. The molecular weight excluding hydrogens is 586 g/mol. The van der Waals surface area contributed by atoms with Gasteiger partial charge in [0.2, 0.25) is 5.91 Å². The standard InChI is InChI=1S/C33H33ClF2N6O2/c1-3-25(43)41-17-20(18-41)16-40(2)31-23-15-37-29(22-8-4-7-21-9-10-24(35)27(34)26(21)22)28(36)30(23)38-32(39-31)44-19-33-11-5-13-42(33)14-6-12-33/h3-4,7-10,15,20H,1,5-6,11-14,16-19H2,2H3. The van der Waals surface area contributed by atoms with Crippen molar-refractivity contribution in [3.05, 3.63) is 65.8 Å². The molecular formula is C33H33ClF2N6O2. The monoisotopic (exact) mass is 618 g/mol. The average Bonchev–Trinajstić information content (AvgIpc) is 3.59. The number of benzene rings is 2. The molecule has 8 nitrogen and oxygen atoms in total. The molecule has 3 saturated heterocycles. The Morgan fingerprint density at radius 2 is 1.95 bits per heavy atom. The van der Waals surface area contributed by atoms with Crippen molar-refractivity contribution in [1.82, 2.24) is 24.8 Å². The maximum Gasteiger partial charge on any atom is 0.319 e. The molecule has 0 aliphatic carbocycles. The average molecular weight is 619 g/mol. The van der Waals surface area contributed by atoms with Gasteiger partial charge in [0.05, 0.1) is 15.9 Å². The zero-order chi connectivity index (χ0) is 30.6. The number of amides is 1. The van der Waals surface area contributed by atoms with Gasteiger partial charge in [0, 0.05) is 49.7 Å². The van der Waals surface area contributed by atoms with Gasteiger partial charge in [-0.25, -0.2) is 8.78 Å². The molecule has 0 bridgehead atoms. The zero-order valence-corrected chi connectivity index (χ0v) is 25.3. The second-order valence-electron chi connectivity index (χ2n) is 12.2. The molecule has 0 radical (unpaired) electrons. The van der Waals surface area contributed by atoms with Crippen molar-refractivity contribution in [3.63, 3.8) is 0 Å². The first-order valence-corrected chi connectivity index (χ1v) is 15.4. The van der Waals surface area contributed by atoms with Crippen molar-refractivity contribution in [2.45, 2.75) is 31.2 Å². The molecule has 7 rings (SSSR count). The van der Waals surface area contributed by atoms with Crippen molar-refractivity contribution in [1.29, 1.82) is 0 Å². The van der Waals surface area contributed by atoms with Crippen molar-refractivity contribution in [2.24, 2.45) is 5.92 Å². The number of rotatable bonds is 8. The molecule has 0 N–H and O–H groups in total. The van der Waals surface area contributed by atoms with E-state index in [2.05, 4.69) is 21.4 Å². The largest absolute Gasteiger partial charge is 0.461 e. The van der Waals surface area contributed by atoms with Crippen LogP contribution in [0.5, 0.6) is 6.01 Å². The van der Waals surface area contributed by atoms with Gasteiger partial charge in [-0.05, 0) is 56.3 Å². The third kappa shape index (κ3) is 4.84. The first-order valence-electron chi connectivity index (χ1n) is 15.0. The molecule has 2 aromatic heterocycles. The highest BCUT2D eigenvalue weighted by atomic mass is 35.5. The van der Waals surface area contributed by atoms with Crippen molar-refractivity contribution < 1.29 is 18.3 Å². The van der Waals surface area contributed by atoms with Gasteiger partial charge >= 0.3 is 6.01 Å². The number of pyridine rings is 1. The van der Waals surface area contributed by atoms with Crippen LogP contribution in [-0.4, -0.2) is 82.6 Å². The molecule has 1 amide bonds. The highest BCUT2D eigenvalue weighted by Crippen LogP contribution is 2.40. The van der Waals surface area contributed by atoms with Gasteiger partial charge in [-0.1, -0.05) is 42.4 Å². The number of fused-ring (bicyclic) bond motifs is 3. The van der Waals surface area contributed by atoms with Crippen LogP contribution < -0.4 is 9.64 Å². The number of hydrogen-bond acceptors (Lipinski definition) is 7. The quantitative estimate of drug-likeness (QED) is 0.229. The number of likely N-dealkylation sites (tertiary alicyclic amines) is 1. The van der Waals surface area contributed by atoms with Crippen LogP contribution in [0.3, 0.4) is 0 Å². The fourth-order valence-electron chi connectivity index (χ4n) is 7.20. The molecule has 0 unspecified atom stereocenters. The number of aromatic nitrogens is 3. The maximum absolute atomic E-state index is 16.6. The maximum atomic E-state index is 16.6. The van der Waals surface area contributed by atoms with E-state index in [0.29, 0.717) is 53.8 Å². The summed E-state index contributed by atoms with van der Waals surface area (Å²) in [5, 5.41) is 1.39. The summed E-state index contributed by atoms with van der Waals surface area (Å²) in [6.45, 7) is 7.91. The Kier molecular flexibility index (Phi) is 7.37. The Balaban J connectivity index is 1.29. The minimum Gasteiger partial charge on any atom is -0.461 e. The van der Waals surface area contributed by atoms with Crippen molar-refractivity contribution in [3.8, 4) is 17.3 Å². The van der Waals surface area contributed by atoms with Gasteiger partial charge < -0.3 is 14.5 Å². The molecule has 0 spiro atoms. The van der Waals surface area contributed by atoms with E-state index in [4.69, 9.17) is 21.3 Å². The fourth-order valence-corrected chi connectivity index (χ4v) is 7.47. The van der Waals surface area contributed by atoms with Crippen molar-refractivity contribution >= 4 is 45.0 Å². The summed E-state index contributed by atoms with van der Waals surface area (Å²) in [4.78, 5) is 32.0. The number of ether oxygens (including phenoxy) is 1. The summed E-state index contributed by atoms with van der Waals surface area (Å²) < 4.78 is 37.4. The Bertz CT molecular complexity index is 1790. The summed E-state index contributed by atoms with van der Waals surface area (Å²) >= 11 is 6.39. The lowest BCUT2D eigenvalue weighted by Gasteiger charge is -2.40. The van der Waals surface area contributed by atoms with E-state index in [0.717, 1.165) is 38.8 Å². The van der Waals surface area contributed by atoms with Gasteiger partial charge in [0.15, 0.2) is 5.82 Å². The van der Waals surface area contributed by atoms with Crippen LogP contribution in [0.1, 0.15) is 25.7 Å². The number of anilines is 1. The molecule has 3 aliphatic rings. The number of halogens is 3.